The minimum atomic E-state index is -0.993. The molecule has 0 bridgehead atoms. The Balaban J connectivity index is 1.97. The maximum absolute atomic E-state index is 13.3. The van der Waals surface area contributed by atoms with Crippen molar-refractivity contribution in [2.24, 2.45) is 11.8 Å². The monoisotopic (exact) mass is 436 g/mol. The number of ether oxygens (including phenoxy) is 1. The Morgan fingerprint density at radius 1 is 1.27 bits per heavy atom. The molecule has 30 heavy (non-hydrogen) atoms. The quantitative estimate of drug-likeness (QED) is 0.690. The number of carbonyl (C=O) groups is 2. The number of rotatable bonds is 6. The Labute approximate surface area is 180 Å². The van der Waals surface area contributed by atoms with Crippen LogP contribution in [0.2, 0.25) is 0 Å². The normalized spacial score (nSPS) is 20.5. The van der Waals surface area contributed by atoms with Gasteiger partial charge in [0.2, 0.25) is 0 Å². The van der Waals surface area contributed by atoms with Gasteiger partial charge in [0.15, 0.2) is 0 Å². The van der Waals surface area contributed by atoms with Crippen LogP contribution in [0, 0.1) is 11.8 Å². The molecule has 1 aromatic rings. The van der Waals surface area contributed by atoms with E-state index in [9.17, 15) is 18.6 Å². The Bertz CT molecular complexity index is 886. The summed E-state index contributed by atoms with van der Waals surface area (Å²) < 4.78 is 18.7. The molecule has 2 aliphatic rings. The first-order valence-corrected chi connectivity index (χ1v) is 12.3. The van der Waals surface area contributed by atoms with Crippen molar-refractivity contribution in [2.45, 2.75) is 70.7 Å². The number of pyridine rings is 1. The lowest BCUT2D eigenvalue weighted by Gasteiger charge is -2.27. The highest BCUT2D eigenvalue weighted by atomic mass is 32.2. The second kappa shape index (κ2) is 9.90. The first-order valence-electron chi connectivity index (χ1n) is 10.8. The number of hydrogen-bond donors (Lipinski definition) is 1. The van der Waals surface area contributed by atoms with Gasteiger partial charge in [0.05, 0.1) is 12.9 Å². The van der Waals surface area contributed by atoms with Gasteiger partial charge in [-0.1, -0.05) is 33.1 Å². The second-order valence-electron chi connectivity index (χ2n) is 8.71. The lowest BCUT2D eigenvalue weighted by atomic mass is 9.89. The van der Waals surface area contributed by atoms with Crippen LogP contribution in [0.3, 0.4) is 0 Å². The molecule has 8 heteroatoms. The smallest absolute Gasteiger partial charge is 0.328 e. The molecule has 1 saturated carbocycles. The van der Waals surface area contributed by atoms with E-state index in [1.54, 1.807) is 24.5 Å². The first kappa shape index (κ1) is 22.7. The maximum atomic E-state index is 13.3. The molecule has 0 saturated heterocycles. The molecular formula is C22H32N2O5S. The highest BCUT2D eigenvalue weighted by Crippen LogP contribution is 2.27. The molecule has 1 aromatic heterocycles. The van der Waals surface area contributed by atoms with Crippen molar-refractivity contribution < 1.29 is 18.5 Å². The maximum Gasteiger partial charge on any atom is 0.328 e. The Morgan fingerprint density at radius 3 is 2.60 bits per heavy atom. The van der Waals surface area contributed by atoms with Gasteiger partial charge in [-0.2, -0.15) is 0 Å². The van der Waals surface area contributed by atoms with Crippen LogP contribution in [-0.4, -0.2) is 39.6 Å². The molecule has 0 spiro atoms. The van der Waals surface area contributed by atoms with Crippen LogP contribution >= 0.6 is 0 Å². The van der Waals surface area contributed by atoms with Crippen LogP contribution in [-0.2, 0) is 39.0 Å². The van der Waals surface area contributed by atoms with Crippen molar-refractivity contribution in [2.75, 3.05) is 12.9 Å². The molecule has 166 valence electrons. The van der Waals surface area contributed by atoms with E-state index >= 15 is 0 Å². The molecule has 0 aromatic carbocycles. The van der Waals surface area contributed by atoms with Crippen molar-refractivity contribution in [3.63, 3.8) is 0 Å². The average Bonchev–Trinajstić information content (AvgIpc) is 2.73. The zero-order valence-electron chi connectivity index (χ0n) is 18.1. The average molecular weight is 437 g/mol. The summed E-state index contributed by atoms with van der Waals surface area (Å²) in [6.45, 7) is 4.21. The number of aromatic nitrogens is 1. The van der Waals surface area contributed by atoms with Gasteiger partial charge in [0.1, 0.15) is 11.6 Å². The Morgan fingerprint density at radius 2 is 1.97 bits per heavy atom. The minimum absolute atomic E-state index is 0.0120. The van der Waals surface area contributed by atoms with E-state index in [4.69, 9.17) is 4.74 Å². The van der Waals surface area contributed by atoms with Crippen LogP contribution < -0.4 is 10.9 Å². The van der Waals surface area contributed by atoms with Gasteiger partial charge in [-0.25, -0.2) is 4.79 Å². The highest BCUT2D eigenvalue weighted by molar-refractivity contribution is 7.84. The molecule has 1 N–H and O–H groups in total. The molecule has 0 radical (unpaired) electrons. The standard InChI is InChI=1S/C22H32N2O5S/c1-14(2)19(22(27)29-3)23-20(25)17-11-16-13-30(28)10-9-18(16)24(21(17)26)12-15-7-5-4-6-8-15/h11,14-15,19H,4-10,12-13H2,1-3H3,(H,23,25). The van der Waals surface area contributed by atoms with Crippen molar-refractivity contribution in [1.29, 1.82) is 0 Å². The summed E-state index contributed by atoms with van der Waals surface area (Å²) in [4.78, 5) is 38.4. The third kappa shape index (κ3) is 5.02. The summed E-state index contributed by atoms with van der Waals surface area (Å²) in [7, 11) is 0.280. The Hall–Kier alpha value is -1.96. The van der Waals surface area contributed by atoms with E-state index in [2.05, 4.69) is 5.32 Å². The molecule has 7 nitrogen and oxygen atoms in total. The summed E-state index contributed by atoms with van der Waals surface area (Å²) in [6, 6.07) is 0.745. The fourth-order valence-electron chi connectivity index (χ4n) is 4.46. The molecule has 2 heterocycles. The summed E-state index contributed by atoms with van der Waals surface area (Å²) in [5.74, 6) is 0.00680. The number of fused-ring (bicyclic) bond motifs is 1. The van der Waals surface area contributed by atoms with Crippen LogP contribution in [0.1, 0.15) is 67.6 Å². The number of nitrogens with one attached hydrogen (secondary N) is 1. The highest BCUT2D eigenvalue weighted by Gasteiger charge is 2.29. The Kier molecular flexibility index (Phi) is 7.50. The lowest BCUT2D eigenvalue weighted by Crippen LogP contribution is -2.47. The lowest BCUT2D eigenvalue weighted by molar-refractivity contribution is -0.144. The zero-order valence-corrected chi connectivity index (χ0v) is 18.9. The van der Waals surface area contributed by atoms with Gasteiger partial charge in [0, 0.05) is 28.8 Å². The fourth-order valence-corrected chi connectivity index (χ4v) is 5.63. The van der Waals surface area contributed by atoms with Crippen molar-refractivity contribution >= 4 is 22.7 Å². The summed E-state index contributed by atoms with van der Waals surface area (Å²) in [6.07, 6.45) is 6.32. The third-order valence-electron chi connectivity index (χ3n) is 6.19. The van der Waals surface area contributed by atoms with Gasteiger partial charge in [-0.15, -0.1) is 0 Å². The molecule has 1 amide bonds. The molecule has 1 aliphatic heterocycles. The van der Waals surface area contributed by atoms with E-state index in [1.165, 1.54) is 26.4 Å². The molecular weight excluding hydrogens is 404 g/mol. The molecule has 1 aliphatic carbocycles. The zero-order chi connectivity index (χ0) is 21.8. The number of carbonyl (C=O) groups excluding carboxylic acids is 2. The summed E-state index contributed by atoms with van der Waals surface area (Å²) >= 11 is 0. The van der Waals surface area contributed by atoms with Crippen molar-refractivity contribution in [3.05, 3.63) is 33.2 Å². The minimum Gasteiger partial charge on any atom is -0.467 e. The summed E-state index contributed by atoms with van der Waals surface area (Å²) in [5, 5.41) is 2.67. The predicted molar refractivity (Wildman–Crippen MR) is 116 cm³/mol. The van der Waals surface area contributed by atoms with Gasteiger partial charge in [-0.3, -0.25) is 13.8 Å². The van der Waals surface area contributed by atoms with Crippen molar-refractivity contribution in [1.82, 2.24) is 9.88 Å². The molecule has 2 unspecified atom stereocenters. The molecule has 3 rings (SSSR count). The first-order chi connectivity index (χ1) is 14.3. The van der Waals surface area contributed by atoms with Gasteiger partial charge in [-0.05, 0) is 42.7 Å². The third-order valence-corrected chi connectivity index (χ3v) is 7.48. The van der Waals surface area contributed by atoms with Gasteiger partial charge in [0.25, 0.3) is 11.5 Å². The molecule has 2 atom stereocenters. The van der Waals surface area contributed by atoms with Crippen LogP contribution in [0.15, 0.2) is 10.9 Å². The van der Waals surface area contributed by atoms with Crippen LogP contribution in [0.4, 0.5) is 0 Å². The number of esters is 1. The largest absolute Gasteiger partial charge is 0.467 e. The van der Waals surface area contributed by atoms with Crippen LogP contribution in [0.5, 0.6) is 0 Å². The van der Waals surface area contributed by atoms with E-state index in [-0.39, 0.29) is 17.0 Å². The molecule has 1 fully saturated rings. The second-order valence-corrected chi connectivity index (χ2v) is 10.3. The van der Waals surface area contributed by atoms with Gasteiger partial charge < -0.3 is 14.6 Å². The summed E-state index contributed by atoms with van der Waals surface area (Å²) in [5.41, 5.74) is 1.41. The van der Waals surface area contributed by atoms with Crippen molar-refractivity contribution in [3.8, 4) is 0 Å². The van der Waals surface area contributed by atoms with Gasteiger partial charge >= 0.3 is 5.97 Å². The van der Waals surface area contributed by atoms with E-state index in [0.29, 0.717) is 30.4 Å². The topological polar surface area (TPSA) is 94.5 Å². The predicted octanol–water partition coefficient (Wildman–Crippen LogP) is 2.16. The van der Waals surface area contributed by atoms with Crippen LogP contribution in [0.25, 0.3) is 0 Å². The number of hydrogen-bond acceptors (Lipinski definition) is 5. The number of nitrogens with zero attached hydrogens (tertiary/aromatic N) is 1. The van der Waals surface area contributed by atoms with E-state index in [1.807, 2.05) is 0 Å². The van der Waals surface area contributed by atoms with E-state index < -0.39 is 28.7 Å². The number of amides is 1. The number of methoxy groups -OCH3 is 1. The SMILES string of the molecule is COC(=O)C(NC(=O)c1cc2c(n(CC3CCCCC3)c1=O)CCS(=O)C2)C(C)C. The fraction of sp³-hybridized carbons (Fsp3) is 0.682. The van der Waals surface area contributed by atoms with E-state index in [0.717, 1.165) is 24.1 Å².